The van der Waals surface area contributed by atoms with Crippen LogP contribution in [0.5, 0.6) is 17.2 Å². The Morgan fingerprint density at radius 3 is 2.40 bits per heavy atom. The van der Waals surface area contributed by atoms with Gasteiger partial charge in [0.05, 0.1) is 18.8 Å². The van der Waals surface area contributed by atoms with Crippen molar-refractivity contribution in [3.8, 4) is 17.2 Å². The van der Waals surface area contributed by atoms with Gasteiger partial charge in [-0.25, -0.2) is 0 Å². The third kappa shape index (κ3) is 6.50. The molecular weight excluding hydrogens is 554 g/mol. The lowest BCUT2D eigenvalue weighted by Crippen LogP contribution is -2.48. The first-order valence-electron chi connectivity index (χ1n) is 14.3. The molecule has 0 saturated carbocycles. The van der Waals surface area contributed by atoms with Gasteiger partial charge in [-0.05, 0) is 66.6 Å². The normalized spacial score (nSPS) is 14.5. The van der Waals surface area contributed by atoms with E-state index >= 15 is 0 Å². The lowest BCUT2D eigenvalue weighted by atomic mass is 10.1. The molecule has 1 fully saturated rings. The second-order valence-corrected chi connectivity index (χ2v) is 10.8. The number of nitrogens with zero attached hydrogens (tertiary/aromatic N) is 3. The number of furan rings is 1. The fraction of sp³-hybridized carbons (Fsp3) is 0.303. The van der Waals surface area contributed by atoms with Crippen LogP contribution in [-0.4, -0.2) is 55.3 Å². The number of hydrogen-bond acceptors (Lipinski definition) is 7. The van der Waals surface area contributed by atoms with Crippen molar-refractivity contribution < 1.29 is 23.4 Å². The number of amides is 1. The molecule has 1 amide bonds. The Labute approximate surface area is 250 Å². The average Bonchev–Trinajstić information content (AvgIpc) is 3.68. The minimum absolute atomic E-state index is 0.0842. The number of hydrogen-bond donors (Lipinski definition) is 0. The molecule has 0 N–H and O–H groups in total. The Morgan fingerprint density at radius 2 is 1.60 bits per heavy atom. The van der Waals surface area contributed by atoms with Crippen LogP contribution in [-0.2, 0) is 19.6 Å². The molecule has 2 aliphatic rings. The zero-order valence-corrected chi connectivity index (χ0v) is 24.4. The SMILES string of the molecule is CCOc1ccccc1N1CCN(C(=O)c2ccc(CN(Cc3ccc(Cl)cc3)Cc3ccc4c(c3)OCO4)o2)CC1. The van der Waals surface area contributed by atoms with E-state index in [1.165, 1.54) is 0 Å². The maximum Gasteiger partial charge on any atom is 0.289 e. The maximum absolute atomic E-state index is 13.4. The smallest absolute Gasteiger partial charge is 0.289 e. The van der Waals surface area contributed by atoms with Gasteiger partial charge < -0.3 is 28.4 Å². The predicted octanol–water partition coefficient (Wildman–Crippen LogP) is 6.23. The molecule has 0 atom stereocenters. The van der Waals surface area contributed by atoms with Crippen LogP contribution in [0.1, 0.15) is 34.4 Å². The Hall–Kier alpha value is -4.14. The molecule has 1 aromatic heterocycles. The molecule has 0 aliphatic carbocycles. The number of para-hydroxylation sites is 2. The summed E-state index contributed by atoms with van der Waals surface area (Å²) < 4.78 is 23.0. The Kier molecular flexibility index (Phi) is 8.53. The molecule has 0 radical (unpaired) electrons. The van der Waals surface area contributed by atoms with E-state index < -0.39 is 0 Å². The molecule has 0 spiro atoms. The summed E-state index contributed by atoms with van der Waals surface area (Å²) >= 11 is 6.12. The summed E-state index contributed by atoms with van der Waals surface area (Å²) in [6.07, 6.45) is 0. The molecule has 3 aromatic carbocycles. The van der Waals surface area contributed by atoms with Crippen LogP contribution in [0.25, 0.3) is 0 Å². The predicted molar refractivity (Wildman–Crippen MR) is 161 cm³/mol. The van der Waals surface area contributed by atoms with Crippen molar-refractivity contribution in [2.24, 2.45) is 0 Å². The van der Waals surface area contributed by atoms with Crippen LogP contribution < -0.4 is 19.1 Å². The highest BCUT2D eigenvalue weighted by Gasteiger charge is 2.26. The van der Waals surface area contributed by atoms with Gasteiger partial charge in [-0.1, -0.05) is 41.9 Å². The van der Waals surface area contributed by atoms with Gasteiger partial charge in [0.25, 0.3) is 5.91 Å². The van der Waals surface area contributed by atoms with E-state index in [-0.39, 0.29) is 12.7 Å². The van der Waals surface area contributed by atoms with Crippen molar-refractivity contribution >= 4 is 23.2 Å². The first-order chi connectivity index (χ1) is 20.6. The number of carbonyl (C=O) groups excluding carboxylic acids is 1. The van der Waals surface area contributed by atoms with E-state index in [1.54, 1.807) is 6.07 Å². The topological polar surface area (TPSA) is 67.6 Å². The summed E-state index contributed by atoms with van der Waals surface area (Å²) in [7, 11) is 0. The third-order valence-electron chi connectivity index (χ3n) is 7.49. The Balaban J connectivity index is 1.11. The monoisotopic (exact) mass is 587 g/mol. The lowest BCUT2D eigenvalue weighted by molar-refractivity contribution is 0.0710. The van der Waals surface area contributed by atoms with E-state index in [9.17, 15) is 4.79 Å². The number of benzene rings is 3. The van der Waals surface area contributed by atoms with Gasteiger partial charge in [-0.2, -0.15) is 0 Å². The number of ether oxygens (including phenoxy) is 3. The molecule has 218 valence electrons. The molecule has 0 unspecified atom stereocenters. The number of fused-ring (bicyclic) bond motifs is 1. The van der Waals surface area contributed by atoms with Crippen molar-refractivity contribution in [3.63, 3.8) is 0 Å². The first kappa shape index (κ1) is 28.0. The molecular formula is C33H34ClN3O5. The van der Waals surface area contributed by atoms with Gasteiger partial charge in [-0.15, -0.1) is 0 Å². The second-order valence-electron chi connectivity index (χ2n) is 10.4. The molecule has 8 nitrogen and oxygen atoms in total. The van der Waals surface area contributed by atoms with Crippen molar-refractivity contribution in [1.29, 1.82) is 0 Å². The molecule has 1 saturated heterocycles. The largest absolute Gasteiger partial charge is 0.492 e. The summed E-state index contributed by atoms with van der Waals surface area (Å²) in [5, 5.41) is 0.703. The number of rotatable bonds is 10. The second kappa shape index (κ2) is 12.8. The highest BCUT2D eigenvalue weighted by molar-refractivity contribution is 6.30. The zero-order valence-electron chi connectivity index (χ0n) is 23.6. The summed E-state index contributed by atoms with van der Waals surface area (Å²) in [6, 6.07) is 25.6. The van der Waals surface area contributed by atoms with Gasteiger partial charge in [0.1, 0.15) is 11.5 Å². The van der Waals surface area contributed by atoms with Gasteiger partial charge in [0.2, 0.25) is 6.79 Å². The van der Waals surface area contributed by atoms with Crippen molar-refractivity contribution in [1.82, 2.24) is 9.80 Å². The van der Waals surface area contributed by atoms with Crippen LogP contribution >= 0.6 is 11.6 Å². The first-order valence-corrected chi connectivity index (χ1v) is 14.6. The van der Waals surface area contributed by atoms with Crippen molar-refractivity contribution in [2.45, 2.75) is 26.6 Å². The minimum atomic E-state index is -0.0842. The fourth-order valence-corrected chi connectivity index (χ4v) is 5.54. The minimum Gasteiger partial charge on any atom is -0.492 e. The van der Waals surface area contributed by atoms with Crippen LogP contribution in [0.15, 0.2) is 83.3 Å². The fourth-order valence-electron chi connectivity index (χ4n) is 5.41. The number of halogens is 1. The van der Waals surface area contributed by atoms with E-state index in [1.807, 2.05) is 78.6 Å². The van der Waals surface area contributed by atoms with E-state index in [2.05, 4.69) is 15.9 Å². The van der Waals surface area contributed by atoms with Gasteiger partial charge >= 0.3 is 0 Å². The molecule has 4 aromatic rings. The van der Waals surface area contributed by atoms with Crippen molar-refractivity contribution in [2.75, 3.05) is 44.5 Å². The number of carbonyl (C=O) groups is 1. The molecule has 2 aliphatic heterocycles. The summed E-state index contributed by atoms with van der Waals surface area (Å²) in [5.74, 6) is 3.40. The molecule has 0 bridgehead atoms. The van der Waals surface area contributed by atoms with E-state index in [4.69, 9.17) is 30.2 Å². The summed E-state index contributed by atoms with van der Waals surface area (Å²) in [6.45, 7) is 7.41. The summed E-state index contributed by atoms with van der Waals surface area (Å²) in [4.78, 5) is 19.8. The Bertz CT molecular complexity index is 1510. The van der Waals surface area contributed by atoms with Crippen LogP contribution in [0.4, 0.5) is 5.69 Å². The van der Waals surface area contributed by atoms with Crippen molar-refractivity contribution in [3.05, 3.63) is 107 Å². The maximum atomic E-state index is 13.4. The lowest BCUT2D eigenvalue weighted by Gasteiger charge is -2.36. The highest BCUT2D eigenvalue weighted by Crippen LogP contribution is 2.33. The summed E-state index contributed by atoms with van der Waals surface area (Å²) in [5.41, 5.74) is 3.29. The van der Waals surface area contributed by atoms with Gasteiger partial charge in [0.15, 0.2) is 17.3 Å². The van der Waals surface area contributed by atoms with Crippen LogP contribution in [0.2, 0.25) is 5.02 Å². The van der Waals surface area contributed by atoms with Crippen LogP contribution in [0, 0.1) is 0 Å². The van der Waals surface area contributed by atoms with Gasteiger partial charge in [0, 0.05) is 44.3 Å². The molecule has 9 heteroatoms. The third-order valence-corrected chi connectivity index (χ3v) is 7.74. The van der Waals surface area contributed by atoms with E-state index in [0.717, 1.165) is 52.9 Å². The molecule has 6 rings (SSSR count). The number of anilines is 1. The number of piperazine rings is 1. The highest BCUT2D eigenvalue weighted by atomic mass is 35.5. The standard InChI is InChI=1S/C33H34ClN3O5/c1-2-39-29-6-4-3-5-28(29)36-15-17-37(18-16-36)33(38)31-14-12-27(42-31)22-35(20-24-7-10-26(34)11-8-24)21-25-9-13-30-32(19-25)41-23-40-30/h3-14,19H,2,15-18,20-23H2,1H3. The molecule has 42 heavy (non-hydrogen) atoms. The van der Waals surface area contributed by atoms with E-state index in [0.29, 0.717) is 50.1 Å². The van der Waals surface area contributed by atoms with Crippen LogP contribution in [0.3, 0.4) is 0 Å². The quantitative estimate of drug-likeness (QED) is 0.218. The zero-order chi connectivity index (χ0) is 28.9. The molecule has 3 heterocycles. The Morgan fingerprint density at radius 1 is 0.857 bits per heavy atom. The average molecular weight is 588 g/mol. The van der Waals surface area contributed by atoms with Gasteiger partial charge in [-0.3, -0.25) is 9.69 Å².